The molecule has 1 aliphatic heterocycles. The van der Waals surface area contributed by atoms with Gasteiger partial charge in [0.2, 0.25) is 0 Å². The Morgan fingerprint density at radius 2 is 2.00 bits per heavy atom. The van der Waals surface area contributed by atoms with E-state index in [1.807, 2.05) is 7.05 Å². The summed E-state index contributed by atoms with van der Waals surface area (Å²) in [7, 11) is 2.02. The summed E-state index contributed by atoms with van der Waals surface area (Å²) in [5, 5.41) is 0. The van der Waals surface area contributed by atoms with Crippen LogP contribution in [0.5, 0.6) is 0 Å². The fourth-order valence-corrected chi connectivity index (χ4v) is 2.66. The summed E-state index contributed by atoms with van der Waals surface area (Å²) in [6.45, 7) is 2.00. The van der Waals surface area contributed by atoms with Crippen LogP contribution in [0, 0.1) is 5.82 Å². The van der Waals surface area contributed by atoms with Crippen molar-refractivity contribution < 1.29 is 13.6 Å². The van der Waals surface area contributed by atoms with Crippen molar-refractivity contribution in [3.05, 3.63) is 59.8 Å². The molecule has 1 aromatic heterocycles. The molecule has 0 saturated carbocycles. The number of hydrogen-bond donors (Lipinski definition) is 0. The van der Waals surface area contributed by atoms with E-state index in [4.69, 9.17) is 4.42 Å². The number of carbonyl (C=O) groups excluding carboxylic acids is 1. The van der Waals surface area contributed by atoms with Gasteiger partial charge in [0.1, 0.15) is 5.82 Å². The summed E-state index contributed by atoms with van der Waals surface area (Å²) in [6, 6.07) is 9.91. The van der Waals surface area contributed by atoms with E-state index in [0.29, 0.717) is 18.8 Å². The average molecular weight is 288 g/mol. The molecule has 0 spiro atoms. The molecule has 3 rings (SSSR count). The van der Waals surface area contributed by atoms with Crippen LogP contribution in [-0.2, 0) is 0 Å². The Labute approximate surface area is 122 Å². The average Bonchev–Trinajstić information content (AvgIpc) is 3.02. The Morgan fingerprint density at radius 3 is 2.67 bits per heavy atom. The fraction of sp³-hybridized carbons (Fsp3) is 0.312. The highest BCUT2D eigenvalue weighted by Crippen LogP contribution is 2.25. The van der Waals surface area contributed by atoms with Crippen molar-refractivity contribution in [1.82, 2.24) is 9.80 Å². The van der Waals surface area contributed by atoms with Gasteiger partial charge in [-0.25, -0.2) is 4.39 Å². The van der Waals surface area contributed by atoms with E-state index in [2.05, 4.69) is 4.90 Å². The molecule has 21 heavy (non-hydrogen) atoms. The lowest BCUT2D eigenvalue weighted by atomic mass is 10.0. The van der Waals surface area contributed by atoms with Crippen molar-refractivity contribution in [2.75, 3.05) is 26.7 Å². The minimum atomic E-state index is -0.249. The number of piperazine rings is 1. The first-order chi connectivity index (χ1) is 10.1. The Hall–Kier alpha value is -2.14. The predicted molar refractivity (Wildman–Crippen MR) is 76.4 cm³/mol. The fourth-order valence-electron chi connectivity index (χ4n) is 2.66. The van der Waals surface area contributed by atoms with E-state index in [-0.39, 0.29) is 17.8 Å². The maximum absolute atomic E-state index is 13.1. The summed E-state index contributed by atoms with van der Waals surface area (Å²) in [4.78, 5) is 16.3. The molecule has 1 saturated heterocycles. The number of benzene rings is 1. The van der Waals surface area contributed by atoms with Crippen LogP contribution < -0.4 is 0 Å². The second kappa shape index (κ2) is 5.69. The van der Waals surface area contributed by atoms with Crippen LogP contribution in [0.2, 0.25) is 0 Å². The molecule has 1 aliphatic rings. The third kappa shape index (κ3) is 2.83. The molecular weight excluding hydrogens is 271 g/mol. The highest BCUT2D eigenvalue weighted by Gasteiger charge is 2.29. The van der Waals surface area contributed by atoms with Gasteiger partial charge in [-0.05, 0) is 36.9 Å². The van der Waals surface area contributed by atoms with Gasteiger partial charge in [-0.3, -0.25) is 9.69 Å². The molecule has 1 fully saturated rings. The Kier molecular flexibility index (Phi) is 3.75. The number of carbonyl (C=O) groups is 1. The van der Waals surface area contributed by atoms with Crippen LogP contribution in [-0.4, -0.2) is 42.4 Å². The van der Waals surface area contributed by atoms with E-state index >= 15 is 0 Å². The zero-order valence-electron chi connectivity index (χ0n) is 11.8. The number of likely N-dealkylation sites (N-methyl/N-ethyl adjacent to an activating group) is 1. The van der Waals surface area contributed by atoms with Gasteiger partial charge in [0.25, 0.3) is 5.91 Å². The smallest absolute Gasteiger partial charge is 0.289 e. The number of amides is 1. The van der Waals surface area contributed by atoms with Gasteiger partial charge in [0.05, 0.1) is 12.3 Å². The molecule has 1 unspecified atom stereocenters. The first kappa shape index (κ1) is 13.8. The molecule has 0 aliphatic carbocycles. The van der Waals surface area contributed by atoms with Crippen molar-refractivity contribution in [3.63, 3.8) is 0 Å². The second-order valence-electron chi connectivity index (χ2n) is 5.28. The molecule has 0 N–H and O–H groups in total. The van der Waals surface area contributed by atoms with Crippen LogP contribution in [0.3, 0.4) is 0 Å². The first-order valence-electron chi connectivity index (χ1n) is 6.93. The van der Waals surface area contributed by atoms with Gasteiger partial charge in [0, 0.05) is 19.6 Å². The van der Waals surface area contributed by atoms with Crippen LogP contribution in [0.4, 0.5) is 4.39 Å². The van der Waals surface area contributed by atoms with Gasteiger partial charge in [-0.2, -0.15) is 0 Å². The molecule has 1 aromatic carbocycles. The quantitative estimate of drug-likeness (QED) is 0.852. The molecular formula is C16H17FN2O2. The molecule has 2 aromatic rings. The molecule has 4 nitrogen and oxygen atoms in total. The van der Waals surface area contributed by atoms with Crippen molar-refractivity contribution in [3.8, 4) is 0 Å². The maximum atomic E-state index is 13.1. The van der Waals surface area contributed by atoms with Gasteiger partial charge in [-0.15, -0.1) is 0 Å². The lowest BCUT2D eigenvalue weighted by molar-refractivity contribution is 0.0517. The molecule has 110 valence electrons. The van der Waals surface area contributed by atoms with Crippen molar-refractivity contribution in [2.24, 2.45) is 0 Å². The van der Waals surface area contributed by atoms with Crippen LogP contribution >= 0.6 is 0 Å². The predicted octanol–water partition coefficient (Wildman–Crippen LogP) is 2.55. The molecule has 0 bridgehead atoms. The van der Waals surface area contributed by atoms with Gasteiger partial charge in [-0.1, -0.05) is 12.1 Å². The zero-order chi connectivity index (χ0) is 14.8. The lowest BCUT2D eigenvalue weighted by Crippen LogP contribution is -2.48. The minimum absolute atomic E-state index is 0.0678. The van der Waals surface area contributed by atoms with E-state index in [0.717, 1.165) is 12.1 Å². The molecule has 1 atom stereocenters. The number of hydrogen-bond acceptors (Lipinski definition) is 3. The van der Waals surface area contributed by atoms with Crippen molar-refractivity contribution in [2.45, 2.75) is 6.04 Å². The molecule has 1 amide bonds. The Balaban J connectivity index is 1.78. The van der Waals surface area contributed by atoms with Crippen LogP contribution in [0.15, 0.2) is 47.1 Å². The van der Waals surface area contributed by atoms with E-state index in [1.165, 1.54) is 18.4 Å². The van der Waals surface area contributed by atoms with Crippen LogP contribution in [0.25, 0.3) is 0 Å². The van der Waals surface area contributed by atoms with Crippen molar-refractivity contribution in [1.29, 1.82) is 0 Å². The SMILES string of the molecule is CN1CCN(C(=O)c2ccco2)CC1c1ccc(F)cc1. The summed E-state index contributed by atoms with van der Waals surface area (Å²) < 4.78 is 18.2. The van der Waals surface area contributed by atoms with E-state index < -0.39 is 0 Å². The monoisotopic (exact) mass is 288 g/mol. The largest absolute Gasteiger partial charge is 0.459 e. The highest BCUT2D eigenvalue weighted by molar-refractivity contribution is 5.91. The molecule has 5 heteroatoms. The number of nitrogens with zero attached hydrogens (tertiary/aromatic N) is 2. The van der Waals surface area contributed by atoms with E-state index in [9.17, 15) is 9.18 Å². The summed E-state index contributed by atoms with van der Waals surface area (Å²) >= 11 is 0. The minimum Gasteiger partial charge on any atom is -0.459 e. The highest BCUT2D eigenvalue weighted by atomic mass is 19.1. The normalized spacial score (nSPS) is 19.7. The van der Waals surface area contributed by atoms with Crippen molar-refractivity contribution >= 4 is 5.91 Å². The first-order valence-corrected chi connectivity index (χ1v) is 6.93. The third-order valence-corrected chi connectivity index (χ3v) is 3.92. The van der Waals surface area contributed by atoms with Gasteiger partial charge < -0.3 is 9.32 Å². The maximum Gasteiger partial charge on any atom is 0.289 e. The van der Waals surface area contributed by atoms with Crippen LogP contribution in [0.1, 0.15) is 22.2 Å². The van der Waals surface area contributed by atoms with Gasteiger partial charge >= 0.3 is 0 Å². The number of rotatable bonds is 2. The molecule has 0 radical (unpaired) electrons. The lowest BCUT2D eigenvalue weighted by Gasteiger charge is -2.39. The summed E-state index contributed by atoms with van der Waals surface area (Å²) in [5.41, 5.74) is 1.01. The second-order valence-corrected chi connectivity index (χ2v) is 5.28. The Bertz CT molecular complexity index is 610. The Morgan fingerprint density at radius 1 is 1.24 bits per heavy atom. The summed E-state index contributed by atoms with van der Waals surface area (Å²) in [6.07, 6.45) is 1.50. The number of furan rings is 1. The third-order valence-electron chi connectivity index (χ3n) is 3.92. The summed E-state index contributed by atoms with van der Waals surface area (Å²) in [5.74, 6) is 0.0124. The van der Waals surface area contributed by atoms with Gasteiger partial charge in [0.15, 0.2) is 5.76 Å². The zero-order valence-corrected chi connectivity index (χ0v) is 11.8. The standard InChI is InChI=1S/C16H17FN2O2/c1-18-8-9-19(16(20)15-3-2-10-21-15)11-14(18)12-4-6-13(17)7-5-12/h2-7,10,14H,8-9,11H2,1H3. The number of halogens is 1. The van der Waals surface area contributed by atoms with E-state index in [1.54, 1.807) is 29.2 Å². The molecule has 2 heterocycles. The topological polar surface area (TPSA) is 36.7 Å².